The van der Waals surface area contributed by atoms with Gasteiger partial charge in [-0.3, -0.25) is 4.79 Å². The summed E-state index contributed by atoms with van der Waals surface area (Å²) >= 11 is 0. The van der Waals surface area contributed by atoms with E-state index in [1.54, 1.807) is 12.1 Å². The molecule has 1 aliphatic rings. The summed E-state index contributed by atoms with van der Waals surface area (Å²) < 4.78 is 26.9. The van der Waals surface area contributed by atoms with E-state index >= 15 is 0 Å². The van der Waals surface area contributed by atoms with Gasteiger partial charge in [0.2, 0.25) is 0 Å². The van der Waals surface area contributed by atoms with Gasteiger partial charge in [0.05, 0.1) is 11.2 Å². The molecule has 0 saturated carbocycles. The first-order valence-electron chi connectivity index (χ1n) is 10.0. The van der Waals surface area contributed by atoms with Crippen molar-refractivity contribution < 1.29 is 13.6 Å². The third-order valence-electron chi connectivity index (χ3n) is 5.51. The van der Waals surface area contributed by atoms with Gasteiger partial charge in [0, 0.05) is 29.2 Å². The standard InChI is InChI=1S/C25H19F2N3O/c1-15-2-3-17-13-18-10-11-30(24(18)28-23(17)12-15)20-7-4-16(5-8-20)25(31)29-22-9-6-19(26)14-21(22)27/h2-9,12-14H,10-11H2,1H3,(H,29,31). The zero-order valence-electron chi connectivity index (χ0n) is 16.8. The Morgan fingerprint density at radius 2 is 1.81 bits per heavy atom. The van der Waals surface area contributed by atoms with E-state index in [1.165, 1.54) is 11.6 Å². The molecule has 4 nitrogen and oxygen atoms in total. The Kier molecular flexibility index (Phi) is 4.62. The average Bonchev–Trinajstić information content (AvgIpc) is 3.17. The molecule has 0 unspecified atom stereocenters. The summed E-state index contributed by atoms with van der Waals surface area (Å²) in [7, 11) is 0. The molecule has 0 radical (unpaired) electrons. The van der Waals surface area contributed by atoms with Crippen molar-refractivity contribution in [3.05, 3.63) is 95.1 Å². The topological polar surface area (TPSA) is 45.2 Å². The molecule has 3 aromatic carbocycles. The number of hydrogen-bond donors (Lipinski definition) is 1. The van der Waals surface area contributed by atoms with Gasteiger partial charge in [0.15, 0.2) is 0 Å². The molecule has 1 aromatic heterocycles. The molecule has 1 amide bonds. The Morgan fingerprint density at radius 3 is 2.58 bits per heavy atom. The predicted molar refractivity (Wildman–Crippen MR) is 118 cm³/mol. The zero-order valence-corrected chi connectivity index (χ0v) is 16.8. The highest BCUT2D eigenvalue weighted by Crippen LogP contribution is 2.35. The van der Waals surface area contributed by atoms with Crippen LogP contribution in [0.3, 0.4) is 0 Å². The van der Waals surface area contributed by atoms with Crippen LogP contribution < -0.4 is 10.2 Å². The summed E-state index contributed by atoms with van der Waals surface area (Å²) in [5, 5.41) is 3.61. The van der Waals surface area contributed by atoms with E-state index < -0.39 is 17.5 Å². The third-order valence-corrected chi connectivity index (χ3v) is 5.51. The van der Waals surface area contributed by atoms with Crippen LogP contribution >= 0.6 is 0 Å². The number of hydrogen-bond acceptors (Lipinski definition) is 3. The number of anilines is 3. The van der Waals surface area contributed by atoms with Crippen LogP contribution in [0.1, 0.15) is 21.5 Å². The number of nitrogens with one attached hydrogen (secondary N) is 1. The molecule has 0 aliphatic carbocycles. The second-order valence-corrected chi connectivity index (χ2v) is 7.69. The summed E-state index contributed by atoms with van der Waals surface area (Å²) in [5.41, 5.74) is 4.58. The van der Waals surface area contributed by atoms with Crippen molar-refractivity contribution in [2.75, 3.05) is 16.8 Å². The number of benzene rings is 3. The largest absolute Gasteiger partial charge is 0.326 e. The molecule has 1 aliphatic heterocycles. The molecule has 0 bridgehead atoms. The smallest absolute Gasteiger partial charge is 0.255 e. The van der Waals surface area contributed by atoms with Gasteiger partial charge in [-0.05, 0) is 73.0 Å². The van der Waals surface area contributed by atoms with Gasteiger partial charge >= 0.3 is 0 Å². The van der Waals surface area contributed by atoms with Crippen molar-refractivity contribution in [1.82, 2.24) is 4.98 Å². The van der Waals surface area contributed by atoms with Crippen LogP contribution in [-0.4, -0.2) is 17.4 Å². The molecule has 1 N–H and O–H groups in total. The Labute approximate surface area is 178 Å². The Bertz CT molecular complexity index is 1320. The highest BCUT2D eigenvalue weighted by molar-refractivity contribution is 6.04. The van der Waals surface area contributed by atoms with Crippen molar-refractivity contribution in [1.29, 1.82) is 0 Å². The number of carbonyl (C=O) groups is 1. The number of aryl methyl sites for hydroxylation is 1. The monoisotopic (exact) mass is 415 g/mol. The van der Waals surface area contributed by atoms with Gasteiger partial charge in [-0.15, -0.1) is 0 Å². The van der Waals surface area contributed by atoms with E-state index in [4.69, 9.17) is 4.98 Å². The van der Waals surface area contributed by atoms with Crippen LogP contribution in [0.5, 0.6) is 0 Å². The number of nitrogens with zero attached hydrogens (tertiary/aromatic N) is 2. The first kappa shape index (κ1) is 19.2. The van der Waals surface area contributed by atoms with E-state index in [-0.39, 0.29) is 5.69 Å². The van der Waals surface area contributed by atoms with Crippen LogP contribution in [-0.2, 0) is 6.42 Å². The molecule has 154 valence electrons. The lowest BCUT2D eigenvalue weighted by molar-refractivity contribution is 0.102. The number of carbonyl (C=O) groups excluding carboxylic acids is 1. The van der Waals surface area contributed by atoms with E-state index in [0.29, 0.717) is 5.56 Å². The average molecular weight is 415 g/mol. The molecule has 0 atom stereocenters. The van der Waals surface area contributed by atoms with Crippen LogP contribution in [0.2, 0.25) is 0 Å². The Hall–Kier alpha value is -3.80. The first-order valence-corrected chi connectivity index (χ1v) is 10.0. The van der Waals surface area contributed by atoms with Crippen molar-refractivity contribution >= 4 is 34.0 Å². The number of amides is 1. The predicted octanol–water partition coefficient (Wildman–Crippen LogP) is 5.77. The van der Waals surface area contributed by atoms with Crippen LogP contribution in [0.15, 0.2) is 66.7 Å². The fraction of sp³-hybridized carbons (Fsp3) is 0.120. The maximum atomic E-state index is 13.8. The second-order valence-electron chi connectivity index (χ2n) is 7.69. The third kappa shape index (κ3) is 3.61. The second kappa shape index (κ2) is 7.47. The summed E-state index contributed by atoms with van der Waals surface area (Å²) in [5.74, 6) is -1.03. The van der Waals surface area contributed by atoms with Gasteiger partial charge in [-0.1, -0.05) is 12.1 Å². The maximum absolute atomic E-state index is 13.8. The zero-order chi connectivity index (χ0) is 21.5. The maximum Gasteiger partial charge on any atom is 0.255 e. The lowest BCUT2D eigenvalue weighted by Gasteiger charge is -2.19. The molecule has 4 aromatic rings. The molecule has 5 rings (SSSR count). The molecule has 0 fully saturated rings. The van der Waals surface area contributed by atoms with Crippen LogP contribution in [0, 0.1) is 18.6 Å². The normalized spacial score (nSPS) is 12.8. The van der Waals surface area contributed by atoms with Gasteiger partial charge in [-0.2, -0.15) is 0 Å². The summed E-state index contributed by atoms with van der Waals surface area (Å²) in [6, 6.07) is 18.6. The molecule has 31 heavy (non-hydrogen) atoms. The van der Waals surface area contributed by atoms with E-state index in [2.05, 4.69) is 34.5 Å². The lowest BCUT2D eigenvalue weighted by Crippen LogP contribution is -2.16. The number of pyridine rings is 1. The lowest BCUT2D eigenvalue weighted by atomic mass is 10.1. The van der Waals surface area contributed by atoms with Gasteiger partial charge < -0.3 is 10.2 Å². The van der Waals surface area contributed by atoms with E-state index in [0.717, 1.165) is 53.1 Å². The molecular weight excluding hydrogens is 396 g/mol. The van der Waals surface area contributed by atoms with Crippen LogP contribution in [0.4, 0.5) is 26.0 Å². The van der Waals surface area contributed by atoms with E-state index in [9.17, 15) is 13.6 Å². The highest BCUT2D eigenvalue weighted by atomic mass is 19.1. The van der Waals surface area contributed by atoms with Crippen molar-refractivity contribution in [3.8, 4) is 0 Å². The minimum absolute atomic E-state index is 0.0599. The minimum Gasteiger partial charge on any atom is -0.326 e. The Morgan fingerprint density at radius 1 is 1.00 bits per heavy atom. The fourth-order valence-electron chi connectivity index (χ4n) is 3.90. The van der Waals surface area contributed by atoms with Crippen LogP contribution in [0.25, 0.3) is 10.9 Å². The molecule has 0 saturated heterocycles. The fourth-order valence-corrected chi connectivity index (χ4v) is 3.90. The molecule has 2 heterocycles. The Balaban J connectivity index is 1.39. The van der Waals surface area contributed by atoms with Crippen molar-refractivity contribution in [2.24, 2.45) is 0 Å². The SMILES string of the molecule is Cc1ccc2cc3c(nc2c1)N(c1ccc(C(=O)Nc2ccc(F)cc2F)cc1)CC3. The van der Waals surface area contributed by atoms with Crippen molar-refractivity contribution in [2.45, 2.75) is 13.3 Å². The molecule has 6 heteroatoms. The summed E-state index contributed by atoms with van der Waals surface area (Å²) in [6.45, 7) is 2.86. The number of fused-ring (bicyclic) bond motifs is 2. The minimum atomic E-state index is -0.813. The van der Waals surface area contributed by atoms with Gasteiger partial charge in [0.1, 0.15) is 17.5 Å². The first-order chi connectivity index (χ1) is 15.0. The summed E-state index contributed by atoms with van der Waals surface area (Å²) in [6.07, 6.45) is 0.901. The number of halogens is 2. The molecule has 0 spiro atoms. The van der Waals surface area contributed by atoms with Gasteiger partial charge in [-0.25, -0.2) is 13.8 Å². The van der Waals surface area contributed by atoms with Crippen molar-refractivity contribution in [3.63, 3.8) is 0 Å². The van der Waals surface area contributed by atoms with Gasteiger partial charge in [0.25, 0.3) is 5.91 Å². The van der Waals surface area contributed by atoms with E-state index in [1.807, 2.05) is 19.1 Å². The highest BCUT2D eigenvalue weighted by Gasteiger charge is 2.23. The summed E-state index contributed by atoms with van der Waals surface area (Å²) in [4.78, 5) is 19.5. The quantitative estimate of drug-likeness (QED) is 0.462. The number of aromatic nitrogens is 1. The molecular formula is C25H19F2N3O. The number of rotatable bonds is 3.